The van der Waals surface area contributed by atoms with E-state index in [4.69, 9.17) is 5.73 Å². The van der Waals surface area contributed by atoms with Crippen molar-refractivity contribution < 1.29 is 9.59 Å². The number of urea groups is 1. The Kier molecular flexibility index (Phi) is 5.74. The Balaban J connectivity index is 1.75. The Bertz CT molecular complexity index is 664. The van der Waals surface area contributed by atoms with E-state index in [-0.39, 0.29) is 5.91 Å². The van der Waals surface area contributed by atoms with Crippen LogP contribution in [0.1, 0.15) is 23.1 Å². The zero-order valence-corrected chi connectivity index (χ0v) is 13.1. The van der Waals surface area contributed by atoms with Crippen molar-refractivity contribution in [1.82, 2.24) is 5.32 Å². The molecule has 23 heavy (non-hydrogen) atoms. The van der Waals surface area contributed by atoms with E-state index in [2.05, 4.69) is 22.8 Å². The molecular weight excluding hydrogens is 290 g/mol. The van der Waals surface area contributed by atoms with Crippen molar-refractivity contribution in [2.45, 2.75) is 26.3 Å². The average molecular weight is 311 g/mol. The summed E-state index contributed by atoms with van der Waals surface area (Å²) in [5.41, 5.74) is 9.01. The lowest BCUT2D eigenvalue weighted by molar-refractivity contribution is -0.121. The van der Waals surface area contributed by atoms with Crippen LogP contribution in [0.25, 0.3) is 0 Å². The minimum Gasteiger partial charge on any atom is -0.352 e. The molecule has 0 bridgehead atoms. The Morgan fingerprint density at radius 3 is 2.17 bits per heavy atom. The van der Waals surface area contributed by atoms with Gasteiger partial charge in [-0.1, -0.05) is 42.0 Å². The third-order valence-corrected chi connectivity index (χ3v) is 3.47. The van der Waals surface area contributed by atoms with Gasteiger partial charge in [-0.15, -0.1) is 0 Å². The number of rotatable bonds is 6. The number of aryl methyl sites for hydroxylation is 2. The predicted molar refractivity (Wildman–Crippen MR) is 91.0 cm³/mol. The van der Waals surface area contributed by atoms with Gasteiger partial charge in [-0.05, 0) is 36.6 Å². The third-order valence-electron chi connectivity index (χ3n) is 3.47. The Morgan fingerprint density at radius 1 is 0.957 bits per heavy atom. The van der Waals surface area contributed by atoms with Crippen LogP contribution in [0.2, 0.25) is 0 Å². The molecule has 120 valence electrons. The van der Waals surface area contributed by atoms with E-state index >= 15 is 0 Å². The van der Waals surface area contributed by atoms with E-state index in [0.29, 0.717) is 18.7 Å². The Hall–Kier alpha value is -2.82. The minimum atomic E-state index is -0.595. The van der Waals surface area contributed by atoms with Crippen molar-refractivity contribution in [2.75, 3.05) is 5.32 Å². The van der Waals surface area contributed by atoms with Gasteiger partial charge in [0.15, 0.2) is 0 Å². The lowest BCUT2D eigenvalue weighted by atomic mass is 10.1. The molecule has 2 aromatic rings. The van der Waals surface area contributed by atoms with Gasteiger partial charge in [-0.25, -0.2) is 4.79 Å². The van der Waals surface area contributed by atoms with Gasteiger partial charge in [0, 0.05) is 18.7 Å². The first-order valence-corrected chi connectivity index (χ1v) is 7.50. The molecule has 0 aliphatic carbocycles. The van der Waals surface area contributed by atoms with Gasteiger partial charge in [0.05, 0.1) is 0 Å². The van der Waals surface area contributed by atoms with Crippen LogP contribution in [0.3, 0.4) is 0 Å². The fourth-order valence-electron chi connectivity index (χ4n) is 2.15. The fourth-order valence-corrected chi connectivity index (χ4v) is 2.15. The van der Waals surface area contributed by atoms with Crippen LogP contribution in [-0.2, 0) is 17.8 Å². The third kappa shape index (κ3) is 5.82. The fraction of sp³-hybridized carbons (Fsp3) is 0.222. The van der Waals surface area contributed by atoms with E-state index in [9.17, 15) is 9.59 Å². The second-order valence-corrected chi connectivity index (χ2v) is 5.45. The maximum absolute atomic E-state index is 11.9. The molecule has 0 aromatic heterocycles. The van der Waals surface area contributed by atoms with Crippen molar-refractivity contribution in [2.24, 2.45) is 5.73 Å². The Labute approximate surface area is 135 Å². The van der Waals surface area contributed by atoms with Crippen LogP contribution in [-0.4, -0.2) is 11.9 Å². The molecule has 0 unspecified atom stereocenters. The van der Waals surface area contributed by atoms with Crippen LogP contribution in [0.5, 0.6) is 0 Å². The molecule has 0 saturated heterocycles. The van der Waals surface area contributed by atoms with Crippen LogP contribution in [0.4, 0.5) is 10.5 Å². The highest BCUT2D eigenvalue weighted by molar-refractivity contribution is 5.87. The summed E-state index contributed by atoms with van der Waals surface area (Å²) in [4.78, 5) is 22.6. The number of nitrogens with two attached hydrogens (primary N) is 1. The number of amides is 3. The summed E-state index contributed by atoms with van der Waals surface area (Å²) in [6.45, 7) is 2.50. The molecule has 0 fully saturated rings. The lowest BCUT2D eigenvalue weighted by Gasteiger charge is -2.07. The molecule has 0 radical (unpaired) electrons. The number of carbonyl (C=O) groups is 2. The minimum absolute atomic E-state index is 0.0184. The predicted octanol–water partition coefficient (Wildman–Crippen LogP) is 2.73. The Morgan fingerprint density at radius 2 is 1.57 bits per heavy atom. The highest BCUT2D eigenvalue weighted by Crippen LogP contribution is 2.09. The molecule has 0 spiro atoms. The van der Waals surface area contributed by atoms with E-state index in [1.807, 2.05) is 31.2 Å². The largest absolute Gasteiger partial charge is 0.352 e. The quantitative estimate of drug-likeness (QED) is 0.766. The maximum atomic E-state index is 11.9. The summed E-state index contributed by atoms with van der Waals surface area (Å²) in [7, 11) is 0. The van der Waals surface area contributed by atoms with E-state index < -0.39 is 6.03 Å². The van der Waals surface area contributed by atoms with Crippen molar-refractivity contribution in [3.8, 4) is 0 Å². The first kappa shape index (κ1) is 16.5. The van der Waals surface area contributed by atoms with E-state index in [1.54, 1.807) is 12.1 Å². The number of benzene rings is 2. The zero-order chi connectivity index (χ0) is 16.7. The smallest absolute Gasteiger partial charge is 0.316 e. The van der Waals surface area contributed by atoms with Gasteiger partial charge in [0.1, 0.15) is 0 Å². The summed E-state index contributed by atoms with van der Waals surface area (Å²) >= 11 is 0. The number of nitrogens with one attached hydrogen (secondary N) is 2. The highest BCUT2D eigenvalue weighted by atomic mass is 16.2. The van der Waals surface area contributed by atoms with Gasteiger partial charge in [0.25, 0.3) is 0 Å². The lowest BCUT2D eigenvalue weighted by Crippen LogP contribution is -2.23. The van der Waals surface area contributed by atoms with Crippen molar-refractivity contribution in [1.29, 1.82) is 0 Å². The second-order valence-electron chi connectivity index (χ2n) is 5.45. The first-order chi connectivity index (χ1) is 11.0. The first-order valence-electron chi connectivity index (χ1n) is 7.50. The highest BCUT2D eigenvalue weighted by Gasteiger charge is 2.03. The van der Waals surface area contributed by atoms with Crippen molar-refractivity contribution in [3.05, 3.63) is 65.2 Å². The molecule has 0 atom stereocenters. The monoisotopic (exact) mass is 311 g/mol. The standard InChI is InChI=1S/C18H21N3O2/c1-13-2-4-14(5-3-13)8-11-17(22)20-12-15-6-9-16(10-7-15)21-18(19)23/h2-7,9-10H,8,11-12H2,1H3,(H,20,22)(H3,19,21,23). The summed E-state index contributed by atoms with van der Waals surface area (Å²) in [5, 5.41) is 5.38. The average Bonchev–Trinajstić information content (AvgIpc) is 2.53. The number of hydrogen-bond acceptors (Lipinski definition) is 2. The molecule has 5 heteroatoms. The van der Waals surface area contributed by atoms with Gasteiger partial charge >= 0.3 is 6.03 Å². The molecule has 0 heterocycles. The van der Waals surface area contributed by atoms with Crippen LogP contribution >= 0.6 is 0 Å². The van der Waals surface area contributed by atoms with Gasteiger partial charge < -0.3 is 16.4 Å². The number of hydrogen-bond donors (Lipinski definition) is 3. The molecule has 5 nitrogen and oxygen atoms in total. The van der Waals surface area contributed by atoms with E-state index in [1.165, 1.54) is 5.56 Å². The van der Waals surface area contributed by atoms with Crippen LogP contribution in [0, 0.1) is 6.92 Å². The molecule has 0 saturated carbocycles. The topological polar surface area (TPSA) is 84.2 Å². The molecule has 0 aliphatic heterocycles. The van der Waals surface area contributed by atoms with E-state index in [0.717, 1.165) is 17.5 Å². The molecule has 2 aromatic carbocycles. The van der Waals surface area contributed by atoms with Crippen molar-refractivity contribution in [3.63, 3.8) is 0 Å². The second kappa shape index (κ2) is 7.98. The number of anilines is 1. The number of carbonyl (C=O) groups excluding carboxylic acids is 2. The molecule has 2 rings (SSSR count). The molecule has 0 aliphatic rings. The van der Waals surface area contributed by atoms with Crippen LogP contribution in [0.15, 0.2) is 48.5 Å². The summed E-state index contributed by atoms with van der Waals surface area (Å²) in [6, 6.07) is 14.8. The molecule has 4 N–H and O–H groups in total. The van der Waals surface area contributed by atoms with Gasteiger partial charge in [0.2, 0.25) is 5.91 Å². The summed E-state index contributed by atoms with van der Waals surface area (Å²) in [5.74, 6) is 0.0184. The van der Waals surface area contributed by atoms with Gasteiger partial charge in [-0.2, -0.15) is 0 Å². The SMILES string of the molecule is Cc1ccc(CCC(=O)NCc2ccc(NC(N)=O)cc2)cc1. The van der Waals surface area contributed by atoms with Crippen molar-refractivity contribution >= 4 is 17.6 Å². The zero-order valence-electron chi connectivity index (χ0n) is 13.1. The van der Waals surface area contributed by atoms with Crippen LogP contribution < -0.4 is 16.4 Å². The number of primary amides is 1. The summed E-state index contributed by atoms with van der Waals surface area (Å²) in [6.07, 6.45) is 1.19. The molecule has 3 amide bonds. The normalized spacial score (nSPS) is 10.1. The summed E-state index contributed by atoms with van der Waals surface area (Å²) < 4.78 is 0. The van der Waals surface area contributed by atoms with Gasteiger partial charge in [-0.3, -0.25) is 4.79 Å². The maximum Gasteiger partial charge on any atom is 0.316 e. The molecular formula is C18H21N3O2.